The topological polar surface area (TPSA) is 41.8 Å². The average molecular weight is 232 g/mol. The Morgan fingerprint density at radius 2 is 2.06 bits per heavy atom. The number of hydrogen-bond donors (Lipinski definition) is 0. The van der Waals surface area contributed by atoms with E-state index < -0.39 is 0 Å². The first-order valence-electron chi connectivity index (χ1n) is 4.69. The molecule has 0 saturated carbocycles. The second-order valence-electron chi connectivity index (χ2n) is 3.06. The van der Waals surface area contributed by atoms with Crippen LogP contribution in [0.1, 0.15) is 5.56 Å². The normalized spacial score (nSPS) is 11.7. The van der Waals surface area contributed by atoms with Gasteiger partial charge in [0.05, 0.1) is 22.5 Å². The Kier molecular flexibility index (Phi) is 5.22. The van der Waals surface area contributed by atoms with Crippen molar-refractivity contribution in [3.63, 3.8) is 0 Å². The lowest BCUT2D eigenvalue weighted by atomic mass is 10.2. The number of nitrogens with zero attached hydrogens (tertiary/aromatic N) is 2. The first-order chi connectivity index (χ1) is 7.76. The summed E-state index contributed by atoms with van der Waals surface area (Å²) in [6.45, 7) is 5.57. The molecule has 0 N–H and O–H groups in total. The van der Waals surface area contributed by atoms with Crippen molar-refractivity contribution >= 4 is 23.8 Å². The zero-order chi connectivity index (χ0) is 11.8. The summed E-state index contributed by atoms with van der Waals surface area (Å²) in [6.07, 6.45) is 4.87. The lowest BCUT2D eigenvalue weighted by Gasteiger charge is -1.95. The second kappa shape index (κ2) is 6.74. The Hall–Kier alpha value is -1.68. The van der Waals surface area contributed by atoms with E-state index in [4.69, 9.17) is 0 Å². The van der Waals surface area contributed by atoms with E-state index in [2.05, 4.69) is 16.2 Å². The summed E-state index contributed by atoms with van der Waals surface area (Å²) in [6, 6.07) is 7.79. The minimum atomic E-state index is 0.658. The lowest BCUT2D eigenvalue weighted by molar-refractivity contribution is 1.44. The summed E-state index contributed by atoms with van der Waals surface area (Å²) in [7, 11) is 0. The highest BCUT2D eigenvalue weighted by molar-refractivity contribution is 8.02. The Labute approximate surface area is 99.1 Å². The monoisotopic (exact) mass is 232 g/mol. The maximum absolute atomic E-state index is 10.1. The molecule has 0 amide bonds. The quantitative estimate of drug-likeness (QED) is 0.331. The minimum Gasteiger partial charge on any atom is -0.256 e. The van der Waals surface area contributed by atoms with Crippen molar-refractivity contribution in [2.75, 3.05) is 0 Å². The second-order valence-corrected chi connectivity index (χ2v) is 3.87. The summed E-state index contributed by atoms with van der Waals surface area (Å²) in [4.78, 5) is 15.0. The fraction of sp³-hybridized carbons (Fsp3) is 0.0833. The van der Waals surface area contributed by atoms with Crippen molar-refractivity contribution in [3.05, 3.63) is 58.4 Å². The molecular formula is C12H12N2OS. The van der Waals surface area contributed by atoms with Crippen molar-refractivity contribution in [3.8, 4) is 0 Å². The van der Waals surface area contributed by atoms with Crippen LogP contribution in [0.4, 0.5) is 5.69 Å². The molecule has 0 aliphatic rings. The third-order valence-electron chi connectivity index (χ3n) is 1.80. The van der Waals surface area contributed by atoms with Crippen LogP contribution in [0.2, 0.25) is 0 Å². The van der Waals surface area contributed by atoms with Gasteiger partial charge in [0.2, 0.25) is 0 Å². The number of allylic oxidation sites excluding steroid dienone is 3. The summed E-state index contributed by atoms with van der Waals surface area (Å²) < 4.78 is 2.74. The molecule has 0 atom stereocenters. The van der Waals surface area contributed by atoms with Crippen LogP contribution < -0.4 is 0 Å². The predicted octanol–water partition coefficient (Wildman–Crippen LogP) is 4.18. The molecule has 1 rings (SSSR count). The van der Waals surface area contributed by atoms with Crippen LogP contribution in [0.25, 0.3) is 0 Å². The largest absolute Gasteiger partial charge is 0.256 e. The van der Waals surface area contributed by atoms with E-state index in [9.17, 15) is 4.91 Å². The van der Waals surface area contributed by atoms with Crippen LogP contribution in [0.5, 0.6) is 0 Å². The minimum absolute atomic E-state index is 0.658. The van der Waals surface area contributed by atoms with E-state index in [1.165, 1.54) is 5.56 Å². The molecule has 0 bridgehead atoms. The molecule has 16 heavy (non-hydrogen) atoms. The summed E-state index contributed by atoms with van der Waals surface area (Å²) in [5, 5.41) is 0. The van der Waals surface area contributed by atoms with Gasteiger partial charge in [-0.15, -0.1) is 4.91 Å². The Morgan fingerprint density at radius 1 is 1.38 bits per heavy atom. The average Bonchev–Trinajstić information content (AvgIpc) is 2.29. The molecule has 0 radical (unpaired) electrons. The standard InChI is InChI=1S/C12H12N2OS/c1-3-4-12(16-14-15)9-13-11-7-5-10(2)6-8-11/h3-9H,1H2,2H3/b12-4-,13-9?. The van der Waals surface area contributed by atoms with E-state index in [1.54, 1.807) is 18.4 Å². The van der Waals surface area contributed by atoms with Crippen LogP contribution in [0.3, 0.4) is 0 Å². The zero-order valence-electron chi connectivity index (χ0n) is 8.96. The van der Waals surface area contributed by atoms with Gasteiger partial charge in [0.25, 0.3) is 0 Å². The van der Waals surface area contributed by atoms with Gasteiger partial charge in [0, 0.05) is 10.8 Å². The van der Waals surface area contributed by atoms with Gasteiger partial charge in [-0.1, -0.05) is 30.4 Å². The smallest absolute Gasteiger partial charge is 0.0630 e. The lowest BCUT2D eigenvalue weighted by Crippen LogP contribution is -1.76. The maximum atomic E-state index is 10.1. The summed E-state index contributed by atoms with van der Waals surface area (Å²) in [5.74, 6) is 0. The van der Waals surface area contributed by atoms with E-state index >= 15 is 0 Å². The zero-order valence-corrected chi connectivity index (χ0v) is 9.78. The molecule has 0 spiro atoms. The number of rotatable bonds is 5. The molecule has 3 nitrogen and oxygen atoms in total. The highest BCUT2D eigenvalue weighted by atomic mass is 32.2. The highest BCUT2D eigenvalue weighted by Crippen LogP contribution is 2.17. The van der Waals surface area contributed by atoms with Gasteiger partial charge < -0.3 is 0 Å². The molecular weight excluding hydrogens is 220 g/mol. The molecule has 1 aromatic carbocycles. The highest BCUT2D eigenvalue weighted by Gasteiger charge is 1.93. The molecule has 0 aliphatic heterocycles. The number of benzene rings is 1. The molecule has 4 heteroatoms. The van der Waals surface area contributed by atoms with Gasteiger partial charge in [0.1, 0.15) is 0 Å². The number of aryl methyl sites for hydroxylation is 1. The Bertz CT molecular complexity index is 421. The number of hydrogen-bond acceptors (Lipinski definition) is 4. The number of aliphatic imine (C=N–C) groups is 1. The Morgan fingerprint density at radius 3 is 2.62 bits per heavy atom. The summed E-state index contributed by atoms with van der Waals surface area (Å²) >= 11 is 0.833. The van der Waals surface area contributed by atoms with Crippen molar-refractivity contribution in [2.45, 2.75) is 6.92 Å². The van der Waals surface area contributed by atoms with E-state index in [0.717, 1.165) is 17.6 Å². The maximum Gasteiger partial charge on any atom is 0.0630 e. The summed E-state index contributed by atoms with van der Waals surface area (Å²) in [5.41, 5.74) is 2.02. The van der Waals surface area contributed by atoms with Gasteiger partial charge in [-0.2, -0.15) is 0 Å². The number of nitroso groups, excluding NO2 is 1. The van der Waals surface area contributed by atoms with Crippen molar-refractivity contribution in [1.29, 1.82) is 0 Å². The first-order valence-corrected chi connectivity index (χ1v) is 5.46. The molecule has 0 aromatic heterocycles. The molecule has 0 unspecified atom stereocenters. The van der Waals surface area contributed by atoms with Gasteiger partial charge in [-0.05, 0) is 25.1 Å². The third kappa shape index (κ3) is 4.23. The van der Waals surface area contributed by atoms with Crippen LogP contribution in [-0.2, 0) is 0 Å². The van der Waals surface area contributed by atoms with E-state index in [-0.39, 0.29) is 0 Å². The van der Waals surface area contributed by atoms with Gasteiger partial charge >= 0.3 is 0 Å². The van der Waals surface area contributed by atoms with Crippen molar-refractivity contribution < 1.29 is 0 Å². The molecule has 0 heterocycles. The van der Waals surface area contributed by atoms with Crippen LogP contribution in [0.15, 0.2) is 57.5 Å². The van der Waals surface area contributed by atoms with E-state index in [1.807, 2.05) is 31.2 Å². The molecule has 1 aromatic rings. The van der Waals surface area contributed by atoms with Crippen molar-refractivity contribution in [1.82, 2.24) is 0 Å². The fourth-order valence-electron chi connectivity index (χ4n) is 1.03. The molecule has 82 valence electrons. The van der Waals surface area contributed by atoms with Gasteiger partial charge in [-0.25, -0.2) is 0 Å². The van der Waals surface area contributed by atoms with E-state index in [0.29, 0.717) is 4.91 Å². The van der Waals surface area contributed by atoms with Crippen LogP contribution in [0, 0.1) is 11.8 Å². The van der Waals surface area contributed by atoms with Gasteiger partial charge in [0.15, 0.2) is 0 Å². The Balaban J connectivity index is 2.77. The van der Waals surface area contributed by atoms with Crippen LogP contribution >= 0.6 is 11.9 Å². The fourth-order valence-corrected chi connectivity index (χ4v) is 1.37. The molecule has 0 saturated heterocycles. The molecule has 0 fully saturated rings. The van der Waals surface area contributed by atoms with Gasteiger partial charge in [-0.3, -0.25) is 4.99 Å². The molecule has 0 aliphatic carbocycles. The first kappa shape index (κ1) is 12.4. The van der Waals surface area contributed by atoms with Crippen LogP contribution in [-0.4, -0.2) is 6.21 Å². The third-order valence-corrected chi connectivity index (χ3v) is 2.33. The predicted molar refractivity (Wildman–Crippen MR) is 71.0 cm³/mol. The van der Waals surface area contributed by atoms with Crippen molar-refractivity contribution in [2.24, 2.45) is 9.57 Å². The SMILES string of the molecule is C=C/C=C(/C=Nc1ccc(C)cc1)SN=O.